The van der Waals surface area contributed by atoms with Gasteiger partial charge in [0.2, 0.25) is 0 Å². The first-order chi connectivity index (χ1) is 22.1. The van der Waals surface area contributed by atoms with Crippen LogP contribution in [0.3, 0.4) is 0 Å². The fourth-order valence-corrected chi connectivity index (χ4v) is 8.33. The van der Waals surface area contributed by atoms with Crippen molar-refractivity contribution < 1.29 is 19.4 Å². The highest BCUT2D eigenvalue weighted by Gasteiger charge is 2.51. The summed E-state index contributed by atoms with van der Waals surface area (Å²) in [6.07, 6.45) is 4.47. The summed E-state index contributed by atoms with van der Waals surface area (Å²) in [6, 6.07) is 23.8. The van der Waals surface area contributed by atoms with E-state index in [0.29, 0.717) is 28.1 Å². The van der Waals surface area contributed by atoms with E-state index in [1.807, 2.05) is 60.7 Å². The van der Waals surface area contributed by atoms with Gasteiger partial charge in [-0.2, -0.15) is 0 Å². The van der Waals surface area contributed by atoms with Crippen molar-refractivity contribution in [1.29, 1.82) is 0 Å². The zero-order chi connectivity index (χ0) is 32.1. The van der Waals surface area contributed by atoms with Gasteiger partial charge in [-0.3, -0.25) is 14.7 Å². The van der Waals surface area contributed by atoms with Gasteiger partial charge in [-0.05, 0) is 65.5 Å². The summed E-state index contributed by atoms with van der Waals surface area (Å²) in [5.74, 6) is -0.191. The standard InChI is InChI=1S/C38H44N4O4/c1-24-33(20-42-23-38(4)18-29(42)17-37(2,3)22-38)45-36(46-34(24)26-11-9-25(21-43)10-12-26)27-13-15-28(16-14-27)40-35(44)32-19-39-30-7-5-6-8-31(30)41-32/h5-16,19,24,29,33-34,36,43H,17-18,20-23H2,1-4H3,(H,40,44). The second-order valence-corrected chi connectivity index (χ2v) is 14.8. The smallest absolute Gasteiger partial charge is 0.275 e. The SMILES string of the molecule is CC1C(CN2CC3(C)CC2CC(C)(C)C3)OC(c2ccc(NC(=O)c3cnc4ccccc4n3)cc2)OC1c1ccc(CO)cc1. The van der Waals surface area contributed by atoms with Crippen LogP contribution in [0.4, 0.5) is 5.69 Å². The van der Waals surface area contributed by atoms with E-state index in [9.17, 15) is 9.90 Å². The maximum Gasteiger partial charge on any atom is 0.275 e. The van der Waals surface area contributed by atoms with E-state index in [1.54, 1.807) is 0 Å². The summed E-state index contributed by atoms with van der Waals surface area (Å²) in [6.45, 7) is 11.5. The van der Waals surface area contributed by atoms with Crippen LogP contribution in [0.5, 0.6) is 0 Å². The molecule has 6 atom stereocenters. The largest absolute Gasteiger partial charge is 0.392 e. The number of para-hydroxylation sites is 2. The van der Waals surface area contributed by atoms with E-state index in [-0.39, 0.29) is 36.3 Å². The molecule has 4 aromatic rings. The molecule has 2 saturated heterocycles. The van der Waals surface area contributed by atoms with Gasteiger partial charge in [-0.1, -0.05) is 76.2 Å². The van der Waals surface area contributed by atoms with E-state index in [1.165, 1.54) is 25.5 Å². The minimum absolute atomic E-state index is 0.0114. The minimum Gasteiger partial charge on any atom is -0.392 e. The zero-order valence-corrected chi connectivity index (χ0v) is 27.1. The van der Waals surface area contributed by atoms with Crippen molar-refractivity contribution in [3.8, 4) is 0 Å². The van der Waals surface area contributed by atoms with Crippen LogP contribution in [0.2, 0.25) is 0 Å². The van der Waals surface area contributed by atoms with E-state index >= 15 is 0 Å². The first-order valence-electron chi connectivity index (χ1n) is 16.5. The molecule has 2 N–H and O–H groups in total. The molecule has 3 heterocycles. The number of nitrogens with one attached hydrogen (secondary N) is 1. The molecule has 1 saturated carbocycles. The quantitative estimate of drug-likeness (QED) is 0.228. The third kappa shape index (κ3) is 6.32. The Morgan fingerprint density at radius 1 is 0.957 bits per heavy atom. The van der Waals surface area contributed by atoms with Gasteiger partial charge in [0.1, 0.15) is 5.69 Å². The molecule has 3 aliphatic rings. The maximum absolute atomic E-state index is 13.0. The molecule has 7 rings (SSSR count). The molecule has 0 radical (unpaired) electrons. The highest BCUT2D eigenvalue weighted by Crippen LogP contribution is 2.53. The average molecular weight is 621 g/mol. The Bertz CT molecular complexity index is 1710. The van der Waals surface area contributed by atoms with Crippen LogP contribution in [0.25, 0.3) is 11.0 Å². The Labute approximate surface area is 271 Å². The van der Waals surface area contributed by atoms with Crippen molar-refractivity contribution in [2.45, 2.75) is 78.1 Å². The lowest BCUT2D eigenvalue weighted by atomic mass is 9.65. The molecule has 2 aliphatic heterocycles. The number of amides is 1. The number of fused-ring (bicyclic) bond motifs is 3. The number of hydrogen-bond donors (Lipinski definition) is 2. The van der Waals surface area contributed by atoms with Crippen molar-refractivity contribution in [1.82, 2.24) is 14.9 Å². The van der Waals surface area contributed by atoms with Gasteiger partial charge < -0.3 is 19.9 Å². The fraction of sp³-hybridized carbons (Fsp3) is 0.447. The van der Waals surface area contributed by atoms with E-state index in [0.717, 1.165) is 35.3 Å². The van der Waals surface area contributed by atoms with Gasteiger partial charge in [0.15, 0.2) is 6.29 Å². The summed E-state index contributed by atoms with van der Waals surface area (Å²) in [5.41, 5.74) is 5.89. The molecule has 46 heavy (non-hydrogen) atoms. The summed E-state index contributed by atoms with van der Waals surface area (Å²) in [7, 11) is 0. The molecule has 0 spiro atoms. The Kier molecular flexibility index (Phi) is 8.18. The molecule has 8 heteroatoms. The number of ether oxygens (including phenoxy) is 2. The van der Waals surface area contributed by atoms with Crippen molar-refractivity contribution >= 4 is 22.6 Å². The number of rotatable bonds is 7. The summed E-state index contributed by atoms with van der Waals surface area (Å²) < 4.78 is 13.5. The molecule has 1 aliphatic carbocycles. The third-order valence-corrected chi connectivity index (χ3v) is 10.2. The Morgan fingerprint density at radius 2 is 1.67 bits per heavy atom. The lowest BCUT2D eigenvalue weighted by Crippen LogP contribution is -2.46. The van der Waals surface area contributed by atoms with E-state index < -0.39 is 6.29 Å². The van der Waals surface area contributed by atoms with Crippen LogP contribution in [-0.4, -0.2) is 51.1 Å². The van der Waals surface area contributed by atoms with Crippen LogP contribution in [0.15, 0.2) is 79.0 Å². The average Bonchev–Trinajstić information content (AvgIpc) is 3.29. The predicted octanol–water partition coefficient (Wildman–Crippen LogP) is 7.07. The number of aliphatic hydroxyl groups excluding tert-OH is 1. The minimum atomic E-state index is -0.561. The number of carbonyl (C=O) groups is 1. The first-order valence-corrected chi connectivity index (χ1v) is 16.5. The fourth-order valence-electron chi connectivity index (χ4n) is 8.33. The van der Waals surface area contributed by atoms with Gasteiger partial charge in [-0.15, -0.1) is 0 Å². The molecule has 8 nitrogen and oxygen atoms in total. The zero-order valence-electron chi connectivity index (χ0n) is 27.1. The number of anilines is 1. The maximum atomic E-state index is 13.0. The molecular formula is C38H44N4O4. The second kappa shape index (κ2) is 12.2. The summed E-state index contributed by atoms with van der Waals surface area (Å²) in [4.78, 5) is 24.5. The molecule has 1 amide bonds. The highest BCUT2D eigenvalue weighted by molar-refractivity contribution is 6.03. The number of carbonyl (C=O) groups excluding carboxylic acids is 1. The number of aromatic nitrogens is 2. The number of likely N-dealkylation sites (tertiary alicyclic amines) is 1. The summed E-state index contributed by atoms with van der Waals surface area (Å²) in [5, 5.41) is 12.6. The van der Waals surface area contributed by atoms with Gasteiger partial charge >= 0.3 is 0 Å². The Hall–Kier alpha value is -3.69. The van der Waals surface area contributed by atoms with Gasteiger partial charge in [-0.25, -0.2) is 4.98 Å². The van der Waals surface area contributed by atoms with Gasteiger partial charge in [0.25, 0.3) is 5.91 Å². The van der Waals surface area contributed by atoms with E-state index in [2.05, 4.69) is 60.0 Å². The molecule has 2 bridgehead atoms. The van der Waals surface area contributed by atoms with E-state index in [4.69, 9.17) is 9.47 Å². The number of hydrogen-bond acceptors (Lipinski definition) is 7. The lowest BCUT2D eigenvalue weighted by Gasteiger charge is -2.43. The lowest BCUT2D eigenvalue weighted by molar-refractivity contribution is -0.276. The first kappa shape index (κ1) is 30.9. The number of aliphatic hydroxyl groups is 1. The topological polar surface area (TPSA) is 96.8 Å². The number of nitrogens with zero attached hydrogens (tertiary/aromatic N) is 3. The predicted molar refractivity (Wildman–Crippen MR) is 178 cm³/mol. The molecule has 240 valence electrons. The second-order valence-electron chi connectivity index (χ2n) is 14.8. The van der Waals surface area contributed by atoms with Crippen molar-refractivity contribution in [2.75, 3.05) is 18.4 Å². The molecule has 1 aromatic heterocycles. The van der Waals surface area contributed by atoms with Crippen LogP contribution in [-0.2, 0) is 16.1 Å². The highest BCUT2D eigenvalue weighted by atomic mass is 16.7. The normalized spacial score (nSPS) is 29.1. The third-order valence-electron chi connectivity index (χ3n) is 10.2. The van der Waals surface area contributed by atoms with Crippen molar-refractivity contribution in [2.24, 2.45) is 16.7 Å². The van der Waals surface area contributed by atoms with Gasteiger partial charge in [0, 0.05) is 36.3 Å². The molecule has 3 fully saturated rings. The Morgan fingerprint density at radius 3 is 2.41 bits per heavy atom. The summed E-state index contributed by atoms with van der Waals surface area (Å²) >= 11 is 0. The van der Waals surface area contributed by atoms with Gasteiger partial charge in [0.05, 0.1) is 36.0 Å². The van der Waals surface area contributed by atoms with Crippen LogP contribution in [0, 0.1) is 16.7 Å². The Balaban J connectivity index is 1.10. The molecule has 6 unspecified atom stereocenters. The van der Waals surface area contributed by atoms with Crippen LogP contribution in [0.1, 0.15) is 86.5 Å². The van der Waals surface area contributed by atoms with Crippen molar-refractivity contribution in [3.63, 3.8) is 0 Å². The van der Waals surface area contributed by atoms with Crippen molar-refractivity contribution in [3.05, 3.63) is 101 Å². The molecular weight excluding hydrogens is 576 g/mol. The monoisotopic (exact) mass is 620 g/mol. The number of benzene rings is 3. The van der Waals surface area contributed by atoms with Crippen LogP contribution < -0.4 is 5.32 Å². The molecule has 3 aromatic carbocycles. The van der Waals surface area contributed by atoms with Crippen LogP contribution >= 0.6 is 0 Å².